The molecule has 2 aromatic carbocycles. The Hall–Kier alpha value is -2.14. The van der Waals surface area contributed by atoms with E-state index in [2.05, 4.69) is 32.6 Å². The van der Waals surface area contributed by atoms with E-state index in [-0.39, 0.29) is 29.8 Å². The number of thioether (sulfide) groups is 1. The van der Waals surface area contributed by atoms with Crippen molar-refractivity contribution in [3.05, 3.63) is 72.6 Å². The van der Waals surface area contributed by atoms with E-state index in [4.69, 9.17) is 0 Å². The Morgan fingerprint density at radius 2 is 1.87 bits per heavy atom. The highest BCUT2D eigenvalue weighted by Gasteiger charge is 2.00. The maximum atomic E-state index is 12.9. The molecule has 3 aromatic rings. The van der Waals surface area contributed by atoms with Gasteiger partial charge in [0.2, 0.25) is 0 Å². The van der Waals surface area contributed by atoms with Crippen LogP contribution in [0.5, 0.6) is 0 Å². The molecule has 0 fully saturated rings. The van der Waals surface area contributed by atoms with Gasteiger partial charge in [0.25, 0.3) is 0 Å². The molecule has 0 unspecified atom stereocenters. The summed E-state index contributed by atoms with van der Waals surface area (Å²) in [6.07, 6.45) is 4.18. The molecule has 0 amide bonds. The van der Waals surface area contributed by atoms with Gasteiger partial charge in [0.05, 0.1) is 12.2 Å². The monoisotopic (exact) mass is 540 g/mol. The Morgan fingerprint density at radius 1 is 1.10 bits per heavy atom. The lowest BCUT2D eigenvalue weighted by Gasteiger charge is -2.11. The van der Waals surface area contributed by atoms with E-state index in [0.717, 1.165) is 47.4 Å². The van der Waals surface area contributed by atoms with Gasteiger partial charge in [0.15, 0.2) is 5.96 Å². The van der Waals surface area contributed by atoms with E-state index in [1.807, 2.05) is 36.4 Å². The first-order chi connectivity index (χ1) is 14.2. The van der Waals surface area contributed by atoms with Gasteiger partial charge in [0.1, 0.15) is 18.5 Å². The molecule has 1 heterocycles. The Bertz CT molecular complexity index is 885. The standard InChI is InChI=1S/C21H25FN6S.HI/c1-2-24-21(25-12-3-13-29-20-10-6-18(22)7-11-20)26-14-17-4-8-19(9-5-17)28-16-23-15-27-28;/h4-11,15-16H,2-3,12-14H2,1H3,(H2,24,25,26);1H. The van der Waals surface area contributed by atoms with Crippen LogP contribution in [-0.4, -0.2) is 39.6 Å². The molecule has 0 aliphatic rings. The number of aliphatic imine (C=N–C) groups is 1. The van der Waals surface area contributed by atoms with Crippen LogP contribution in [0.15, 0.2) is 71.1 Å². The third kappa shape index (κ3) is 7.94. The summed E-state index contributed by atoms with van der Waals surface area (Å²) in [5.74, 6) is 1.57. The van der Waals surface area contributed by atoms with E-state index in [0.29, 0.717) is 6.54 Å². The molecule has 0 spiro atoms. The van der Waals surface area contributed by atoms with Crippen molar-refractivity contribution in [1.29, 1.82) is 0 Å². The van der Waals surface area contributed by atoms with E-state index in [1.165, 1.54) is 18.5 Å². The normalized spacial score (nSPS) is 11.1. The molecule has 6 nitrogen and oxygen atoms in total. The number of aromatic nitrogens is 3. The second-order valence-corrected chi connectivity index (χ2v) is 7.45. The maximum Gasteiger partial charge on any atom is 0.191 e. The smallest absolute Gasteiger partial charge is 0.191 e. The minimum atomic E-state index is -0.199. The molecule has 0 aliphatic carbocycles. The van der Waals surface area contributed by atoms with Gasteiger partial charge in [0, 0.05) is 18.0 Å². The zero-order valence-corrected chi connectivity index (χ0v) is 19.9. The lowest BCUT2D eigenvalue weighted by molar-refractivity contribution is 0.626. The maximum absolute atomic E-state index is 12.9. The Kier molecular flexibility index (Phi) is 10.6. The molecule has 3 rings (SSSR count). The summed E-state index contributed by atoms with van der Waals surface area (Å²) in [7, 11) is 0. The summed E-state index contributed by atoms with van der Waals surface area (Å²) in [5.41, 5.74) is 2.09. The van der Waals surface area contributed by atoms with Gasteiger partial charge in [-0.25, -0.2) is 19.0 Å². The molecule has 160 valence electrons. The van der Waals surface area contributed by atoms with Gasteiger partial charge in [-0.1, -0.05) is 12.1 Å². The third-order valence-corrected chi connectivity index (χ3v) is 5.18. The van der Waals surface area contributed by atoms with Crippen molar-refractivity contribution in [2.75, 3.05) is 18.8 Å². The van der Waals surface area contributed by atoms with Crippen LogP contribution in [0.25, 0.3) is 5.69 Å². The van der Waals surface area contributed by atoms with Crippen molar-refractivity contribution in [3.8, 4) is 5.69 Å². The first kappa shape index (κ1) is 24.1. The highest BCUT2D eigenvalue weighted by Crippen LogP contribution is 2.18. The van der Waals surface area contributed by atoms with Crippen molar-refractivity contribution in [3.63, 3.8) is 0 Å². The van der Waals surface area contributed by atoms with Gasteiger partial charge in [-0.2, -0.15) is 5.10 Å². The Morgan fingerprint density at radius 3 is 2.53 bits per heavy atom. The number of guanidine groups is 1. The van der Waals surface area contributed by atoms with Crippen molar-refractivity contribution in [1.82, 2.24) is 25.4 Å². The Labute approximate surface area is 197 Å². The number of rotatable bonds is 9. The molecule has 2 N–H and O–H groups in total. The average molecular weight is 540 g/mol. The highest BCUT2D eigenvalue weighted by molar-refractivity contribution is 14.0. The van der Waals surface area contributed by atoms with Crippen LogP contribution >= 0.6 is 35.7 Å². The minimum absolute atomic E-state index is 0. The lowest BCUT2D eigenvalue weighted by atomic mass is 10.2. The second-order valence-electron chi connectivity index (χ2n) is 6.28. The van der Waals surface area contributed by atoms with E-state index >= 15 is 0 Å². The molecule has 0 atom stereocenters. The fourth-order valence-electron chi connectivity index (χ4n) is 2.61. The molecule has 0 radical (unpaired) electrons. The molecule has 0 saturated carbocycles. The number of nitrogens with zero attached hydrogens (tertiary/aromatic N) is 4. The van der Waals surface area contributed by atoms with Crippen LogP contribution in [0, 0.1) is 5.82 Å². The summed E-state index contributed by atoms with van der Waals surface area (Å²) in [6, 6.07) is 14.7. The van der Waals surface area contributed by atoms with Crippen LogP contribution in [0.2, 0.25) is 0 Å². The van der Waals surface area contributed by atoms with E-state index in [9.17, 15) is 4.39 Å². The van der Waals surface area contributed by atoms with Gasteiger partial charge in [-0.3, -0.25) is 0 Å². The largest absolute Gasteiger partial charge is 0.357 e. The SMILES string of the molecule is CCNC(=NCc1ccc(-n2cncn2)cc1)NCCCSc1ccc(F)cc1.I. The summed E-state index contributed by atoms with van der Waals surface area (Å²) in [5, 5.41) is 10.8. The van der Waals surface area contributed by atoms with Crippen LogP contribution in [0.1, 0.15) is 18.9 Å². The van der Waals surface area contributed by atoms with Crippen molar-refractivity contribution < 1.29 is 4.39 Å². The van der Waals surface area contributed by atoms with Crippen molar-refractivity contribution in [2.45, 2.75) is 24.8 Å². The number of hydrogen-bond donors (Lipinski definition) is 2. The fourth-order valence-corrected chi connectivity index (χ4v) is 3.46. The van der Waals surface area contributed by atoms with Crippen LogP contribution in [0.4, 0.5) is 4.39 Å². The van der Waals surface area contributed by atoms with Gasteiger partial charge < -0.3 is 10.6 Å². The molecular weight excluding hydrogens is 514 g/mol. The molecule has 30 heavy (non-hydrogen) atoms. The predicted molar refractivity (Wildman–Crippen MR) is 131 cm³/mol. The minimum Gasteiger partial charge on any atom is -0.357 e. The Balaban J connectivity index is 0.00000320. The zero-order chi connectivity index (χ0) is 20.3. The highest BCUT2D eigenvalue weighted by atomic mass is 127. The van der Waals surface area contributed by atoms with Gasteiger partial charge in [-0.15, -0.1) is 35.7 Å². The quantitative estimate of drug-likeness (QED) is 0.140. The number of benzene rings is 2. The van der Waals surface area contributed by atoms with Gasteiger partial charge in [-0.05, 0) is 61.1 Å². The number of hydrogen-bond acceptors (Lipinski definition) is 4. The summed E-state index contributed by atoms with van der Waals surface area (Å²) in [4.78, 5) is 9.70. The van der Waals surface area contributed by atoms with Gasteiger partial charge >= 0.3 is 0 Å². The average Bonchev–Trinajstić information content (AvgIpc) is 3.28. The topological polar surface area (TPSA) is 67.1 Å². The number of halogens is 2. The molecule has 9 heteroatoms. The van der Waals surface area contributed by atoms with Crippen LogP contribution in [-0.2, 0) is 6.54 Å². The molecular formula is C21H26FIN6S. The van der Waals surface area contributed by atoms with Crippen LogP contribution in [0.3, 0.4) is 0 Å². The fraction of sp³-hybridized carbons (Fsp3) is 0.286. The third-order valence-electron chi connectivity index (χ3n) is 4.08. The molecule has 0 bridgehead atoms. The van der Waals surface area contributed by atoms with E-state index < -0.39 is 0 Å². The van der Waals surface area contributed by atoms with Crippen molar-refractivity contribution >= 4 is 41.7 Å². The van der Waals surface area contributed by atoms with Crippen molar-refractivity contribution in [2.24, 2.45) is 4.99 Å². The summed E-state index contributed by atoms with van der Waals surface area (Å²) < 4.78 is 14.6. The first-order valence-corrected chi connectivity index (χ1v) is 10.6. The zero-order valence-electron chi connectivity index (χ0n) is 16.8. The first-order valence-electron chi connectivity index (χ1n) is 9.59. The van der Waals surface area contributed by atoms with Crippen LogP contribution < -0.4 is 10.6 Å². The predicted octanol–water partition coefficient (Wildman–Crippen LogP) is 4.26. The molecule has 1 aromatic heterocycles. The summed E-state index contributed by atoms with van der Waals surface area (Å²) >= 11 is 1.73. The molecule has 0 saturated heterocycles. The second kappa shape index (κ2) is 13.2. The lowest BCUT2D eigenvalue weighted by Crippen LogP contribution is -2.37. The summed E-state index contributed by atoms with van der Waals surface area (Å²) in [6.45, 7) is 4.28. The molecule has 0 aliphatic heterocycles. The number of nitrogens with one attached hydrogen (secondary N) is 2. The van der Waals surface area contributed by atoms with E-state index in [1.54, 1.807) is 22.8 Å².